The first-order chi connectivity index (χ1) is 21.4. The molecule has 0 aliphatic carbocycles. The molecule has 0 atom stereocenters. The summed E-state index contributed by atoms with van der Waals surface area (Å²) < 4.78 is 11.7. The average Bonchev–Trinajstić information content (AvgIpc) is 2.96. The molecule has 2 aromatic rings. The van der Waals surface area contributed by atoms with Gasteiger partial charge in [0.15, 0.2) is 0 Å². The van der Waals surface area contributed by atoms with Crippen molar-refractivity contribution in [1.82, 2.24) is 9.97 Å². The molecule has 0 saturated carbocycles. The zero-order chi connectivity index (χ0) is 33.0. The molecule has 0 aliphatic rings. The minimum absolute atomic E-state index is 0.478. The van der Waals surface area contributed by atoms with E-state index in [1.54, 1.807) is 17.4 Å². The maximum atomic E-state index is 5.91. The lowest BCUT2D eigenvalue weighted by Gasteiger charge is -2.36. The van der Waals surface area contributed by atoms with E-state index in [4.69, 9.17) is 9.47 Å². The van der Waals surface area contributed by atoms with Crippen LogP contribution in [0.4, 0.5) is 0 Å². The van der Waals surface area contributed by atoms with Crippen LogP contribution in [0.25, 0.3) is 11.1 Å². The Balaban J connectivity index is 1.48. The molecule has 1 aromatic heterocycles. The molecule has 45 heavy (non-hydrogen) atoms. The van der Waals surface area contributed by atoms with Gasteiger partial charge in [0.05, 0.1) is 13.2 Å². The van der Waals surface area contributed by atoms with Gasteiger partial charge in [-0.2, -0.15) is 0 Å². The van der Waals surface area contributed by atoms with E-state index < -0.39 is 24.2 Å². The summed E-state index contributed by atoms with van der Waals surface area (Å²) in [6.45, 7) is 22.1. The highest BCUT2D eigenvalue weighted by atomic mass is 28.4. The van der Waals surface area contributed by atoms with Crippen molar-refractivity contribution in [3.63, 3.8) is 0 Å². The van der Waals surface area contributed by atoms with E-state index >= 15 is 0 Å². The van der Waals surface area contributed by atoms with Gasteiger partial charge in [-0.05, 0) is 30.5 Å². The summed E-state index contributed by atoms with van der Waals surface area (Å²) in [6, 6.07) is 10.3. The van der Waals surface area contributed by atoms with E-state index in [1.165, 1.54) is 83.5 Å². The molecule has 0 bridgehead atoms. The number of hydrogen-bond acceptors (Lipinski definition) is 4. The van der Waals surface area contributed by atoms with Crippen LogP contribution in [0.15, 0.2) is 36.7 Å². The zero-order valence-electron chi connectivity index (χ0n) is 30.8. The first-order valence-corrected chi connectivity index (χ1v) is 29.1. The Bertz CT molecular complexity index is 1020. The molecule has 1 heterocycles. The second kappa shape index (κ2) is 21.4. The number of nitrogens with zero attached hydrogens (tertiary/aromatic N) is 2. The minimum Gasteiger partial charge on any atom is -0.494 e. The molecule has 4 nitrogen and oxygen atoms in total. The maximum Gasteiger partial charge on any atom is 0.316 e. The largest absolute Gasteiger partial charge is 0.494 e. The van der Waals surface area contributed by atoms with Crippen molar-refractivity contribution in [3.8, 4) is 22.9 Å². The molecule has 2 rings (SSSR count). The Hall–Kier alpha value is -1.45. The summed E-state index contributed by atoms with van der Waals surface area (Å²) >= 11 is 0. The number of aromatic nitrogens is 2. The number of hydrogen-bond donors (Lipinski definition) is 0. The smallest absolute Gasteiger partial charge is 0.316 e. The van der Waals surface area contributed by atoms with Crippen molar-refractivity contribution in [2.75, 3.05) is 13.2 Å². The van der Waals surface area contributed by atoms with Gasteiger partial charge in [-0.3, -0.25) is 0 Å². The Morgan fingerprint density at radius 1 is 0.511 bits per heavy atom. The number of benzene rings is 1. The molecule has 0 unspecified atom stereocenters. The average molecular weight is 671 g/mol. The summed E-state index contributed by atoms with van der Waals surface area (Å²) in [4.78, 5) is 8.88. The van der Waals surface area contributed by atoms with Crippen molar-refractivity contribution >= 4 is 24.2 Å². The van der Waals surface area contributed by atoms with E-state index in [0.717, 1.165) is 36.3 Å². The van der Waals surface area contributed by atoms with Crippen molar-refractivity contribution in [2.24, 2.45) is 0 Å². The van der Waals surface area contributed by atoms with Crippen molar-refractivity contribution in [1.29, 1.82) is 0 Å². The highest BCUT2D eigenvalue weighted by Crippen LogP contribution is 2.31. The lowest BCUT2D eigenvalue weighted by atomic mass is 10.1. The Labute approximate surface area is 282 Å². The highest BCUT2D eigenvalue weighted by molar-refractivity contribution is 7.02. The van der Waals surface area contributed by atoms with Crippen molar-refractivity contribution in [3.05, 3.63) is 36.7 Å². The summed E-state index contributed by atoms with van der Waals surface area (Å²) in [5.74, 6) is 0.929. The minimum atomic E-state index is -1.03. The topological polar surface area (TPSA) is 44.2 Å². The van der Waals surface area contributed by atoms with Crippen LogP contribution in [0.5, 0.6) is 11.8 Å². The Kier molecular flexibility index (Phi) is 18.9. The molecular formula is C38H70N2O2Si3. The molecule has 0 amide bonds. The fourth-order valence-corrected chi connectivity index (χ4v) is 32.7. The molecule has 7 heteroatoms. The Morgan fingerprint density at radius 2 is 1.00 bits per heavy atom. The van der Waals surface area contributed by atoms with Gasteiger partial charge in [0, 0.05) is 42.2 Å². The SMILES string of the molecule is CCCCCCCCOc1ccc(-c2cnc(OCCCCCCCCCCC[Si](C)(C)C[Si](C)(C)C[Si](C)(C)C)nc2)cc1. The first kappa shape index (κ1) is 39.7. The molecular weight excluding hydrogens is 601 g/mol. The van der Waals surface area contributed by atoms with Gasteiger partial charge in [-0.15, -0.1) is 0 Å². The second-order valence-electron chi connectivity index (χ2n) is 16.4. The molecule has 0 N–H and O–H groups in total. The van der Waals surface area contributed by atoms with Crippen LogP contribution in [0.1, 0.15) is 103 Å². The Morgan fingerprint density at radius 3 is 1.53 bits per heavy atom. The molecule has 0 radical (unpaired) electrons. The molecule has 0 aliphatic heterocycles. The monoisotopic (exact) mass is 670 g/mol. The third-order valence-corrected chi connectivity index (χ3v) is 26.2. The van der Waals surface area contributed by atoms with E-state index in [2.05, 4.69) is 74.9 Å². The molecule has 0 fully saturated rings. The van der Waals surface area contributed by atoms with Gasteiger partial charge < -0.3 is 9.47 Å². The normalized spacial score (nSPS) is 12.4. The number of ether oxygens (including phenoxy) is 2. The lowest BCUT2D eigenvalue weighted by Crippen LogP contribution is -2.44. The summed E-state index contributed by atoms with van der Waals surface area (Å²) in [5.41, 5.74) is 5.33. The molecule has 1 aromatic carbocycles. The van der Waals surface area contributed by atoms with Crippen LogP contribution in [0, 0.1) is 0 Å². The van der Waals surface area contributed by atoms with Gasteiger partial charge in [0.1, 0.15) is 5.75 Å². The first-order valence-electron chi connectivity index (χ1n) is 18.6. The van der Waals surface area contributed by atoms with E-state index in [0.29, 0.717) is 12.6 Å². The van der Waals surface area contributed by atoms with Crippen molar-refractivity contribution < 1.29 is 9.47 Å². The zero-order valence-corrected chi connectivity index (χ0v) is 33.8. The second-order valence-corrected chi connectivity index (χ2v) is 33.5. The van der Waals surface area contributed by atoms with Gasteiger partial charge in [0.25, 0.3) is 0 Å². The predicted molar refractivity (Wildman–Crippen MR) is 206 cm³/mol. The highest BCUT2D eigenvalue weighted by Gasteiger charge is 2.34. The van der Waals surface area contributed by atoms with Crippen LogP contribution < -0.4 is 9.47 Å². The number of unbranched alkanes of at least 4 members (excludes halogenated alkanes) is 13. The van der Waals surface area contributed by atoms with Crippen LogP contribution >= 0.6 is 0 Å². The quantitative estimate of drug-likeness (QED) is 0.0738. The van der Waals surface area contributed by atoms with Crippen LogP contribution in [-0.2, 0) is 0 Å². The molecule has 0 spiro atoms. The van der Waals surface area contributed by atoms with Gasteiger partial charge in [-0.1, -0.05) is 166 Å². The third-order valence-electron chi connectivity index (χ3n) is 8.78. The van der Waals surface area contributed by atoms with Crippen molar-refractivity contribution in [2.45, 2.75) is 166 Å². The summed E-state index contributed by atoms with van der Waals surface area (Å²) in [7, 11) is -2.97. The fourth-order valence-electron chi connectivity index (χ4n) is 7.34. The molecule has 256 valence electrons. The van der Waals surface area contributed by atoms with E-state index in [1.807, 2.05) is 24.5 Å². The van der Waals surface area contributed by atoms with Gasteiger partial charge >= 0.3 is 6.01 Å². The van der Waals surface area contributed by atoms with E-state index in [-0.39, 0.29) is 0 Å². The van der Waals surface area contributed by atoms with Gasteiger partial charge in [-0.25, -0.2) is 9.97 Å². The van der Waals surface area contributed by atoms with Crippen LogP contribution in [0.2, 0.25) is 63.2 Å². The fraction of sp³-hybridized carbons (Fsp3) is 0.737. The van der Waals surface area contributed by atoms with E-state index in [9.17, 15) is 0 Å². The maximum absolute atomic E-state index is 5.91. The van der Waals surface area contributed by atoms with Crippen LogP contribution in [-0.4, -0.2) is 47.4 Å². The van der Waals surface area contributed by atoms with Gasteiger partial charge in [0.2, 0.25) is 0 Å². The molecule has 0 saturated heterocycles. The summed E-state index contributed by atoms with van der Waals surface area (Å²) in [6.07, 6.45) is 23.5. The predicted octanol–water partition coefficient (Wildman–Crippen LogP) is 12.6. The lowest BCUT2D eigenvalue weighted by molar-refractivity contribution is 0.281. The summed E-state index contributed by atoms with van der Waals surface area (Å²) in [5, 5.41) is 0. The third kappa shape index (κ3) is 19.7. The number of rotatable bonds is 26. The standard InChI is InChI=1S/C38H70N2O2Si3/c1-9-10-11-12-18-21-28-41-37-26-24-35(25-27-37)36-31-39-38(40-32-36)42-29-22-19-16-14-13-15-17-20-23-30-44(5,6)34-45(7,8)33-43(2,3)4/h24-27,31-32H,9-23,28-30,33-34H2,1-8H3. The van der Waals surface area contributed by atoms with Crippen LogP contribution in [0.3, 0.4) is 0 Å².